The van der Waals surface area contributed by atoms with Crippen LogP contribution < -0.4 is 0 Å². The Labute approximate surface area is 178 Å². The van der Waals surface area contributed by atoms with Gasteiger partial charge in [0, 0.05) is 51.4 Å². The van der Waals surface area contributed by atoms with Crippen molar-refractivity contribution in [3.8, 4) is 0 Å². The fourth-order valence-electron chi connectivity index (χ4n) is 2.37. The molecule has 0 aliphatic rings. The Morgan fingerprint density at radius 2 is 1.30 bits per heavy atom. The first-order valence-corrected chi connectivity index (χ1v) is 12.7. The maximum Gasteiger partial charge on any atom is 0.469 e. The van der Waals surface area contributed by atoms with Crippen LogP contribution in [0.1, 0.15) is 0 Å². The van der Waals surface area contributed by atoms with Crippen LogP contribution in [0.4, 0.5) is 0 Å². The first-order valence-electron chi connectivity index (χ1n) is 6.37. The number of phosphoric ester groups is 1. The van der Waals surface area contributed by atoms with Gasteiger partial charge in [0.2, 0.25) is 0 Å². The molecule has 0 radical (unpaired) electrons. The zero-order valence-electron chi connectivity index (χ0n) is 11.9. The van der Waals surface area contributed by atoms with Crippen LogP contribution in [0, 0.1) is 17.3 Å². The second-order valence-corrected chi connectivity index (χ2v) is 9.31. The Morgan fingerprint density at radius 1 is 0.957 bits per heavy atom. The molecule has 12 heteroatoms. The molecule has 0 aromatic heterocycles. The summed E-state index contributed by atoms with van der Waals surface area (Å²) in [6.07, 6.45) is 0. The summed E-state index contributed by atoms with van der Waals surface area (Å²) in [5.74, 6) is -0.288. The molecule has 2 N–H and O–H groups in total. The van der Waals surface area contributed by atoms with Crippen LogP contribution in [0.15, 0.2) is 0 Å². The molecule has 0 amide bonds. The van der Waals surface area contributed by atoms with E-state index >= 15 is 0 Å². The van der Waals surface area contributed by atoms with Crippen molar-refractivity contribution in [3.63, 3.8) is 0 Å². The Bertz CT molecular complexity index is 377. The highest BCUT2D eigenvalue weighted by molar-refractivity contribution is 9.09. The highest BCUT2D eigenvalue weighted by Crippen LogP contribution is 2.54. The van der Waals surface area contributed by atoms with Crippen molar-refractivity contribution in [2.75, 3.05) is 40.8 Å². The molecule has 0 saturated heterocycles. The molecule has 0 aliphatic carbocycles. The van der Waals surface area contributed by atoms with Gasteiger partial charge < -0.3 is 9.79 Å². The molecule has 0 unspecified atom stereocenters. The van der Waals surface area contributed by atoms with Gasteiger partial charge >= 0.3 is 7.82 Å². The summed E-state index contributed by atoms with van der Waals surface area (Å²) >= 11 is 37.9. The Morgan fingerprint density at radius 3 is 1.52 bits per heavy atom. The molecular formula is C11H18Br2Cl5O4P. The zero-order valence-corrected chi connectivity index (χ0v) is 19.8. The third-order valence-corrected chi connectivity index (χ3v) is 8.89. The first kappa shape index (κ1) is 25.5. The van der Waals surface area contributed by atoms with E-state index in [1.54, 1.807) is 0 Å². The number of hydrogen-bond donors (Lipinski definition) is 2. The van der Waals surface area contributed by atoms with E-state index < -0.39 is 29.9 Å². The van der Waals surface area contributed by atoms with Crippen molar-refractivity contribution in [2.24, 2.45) is 17.3 Å². The average Bonchev–Trinajstić information content (AvgIpc) is 2.50. The minimum atomic E-state index is -4.68. The zero-order chi connectivity index (χ0) is 18.3. The van der Waals surface area contributed by atoms with Crippen LogP contribution in [-0.2, 0) is 9.09 Å². The van der Waals surface area contributed by atoms with Gasteiger partial charge in [-0.3, -0.25) is 4.52 Å². The average molecular weight is 582 g/mol. The summed E-state index contributed by atoms with van der Waals surface area (Å²) < 4.78 is 15.9. The topological polar surface area (TPSA) is 66.8 Å². The number of rotatable bonds is 12. The van der Waals surface area contributed by atoms with Crippen molar-refractivity contribution in [3.05, 3.63) is 0 Å². The van der Waals surface area contributed by atoms with Crippen molar-refractivity contribution < 1.29 is 18.9 Å². The number of hydrogen-bond acceptors (Lipinski definition) is 2. The summed E-state index contributed by atoms with van der Waals surface area (Å²) in [5, 5.41) is 0.534. The Kier molecular flexibility index (Phi) is 12.6. The molecule has 140 valence electrons. The van der Waals surface area contributed by atoms with Gasteiger partial charge in [0.15, 0.2) is 0 Å². The molecule has 0 saturated carbocycles. The minimum Gasteiger partial charge on any atom is -0.303 e. The monoisotopic (exact) mass is 578 g/mol. The van der Waals surface area contributed by atoms with Crippen LogP contribution in [-0.4, -0.2) is 55.4 Å². The highest BCUT2D eigenvalue weighted by Gasteiger charge is 2.57. The van der Waals surface area contributed by atoms with Crippen molar-refractivity contribution in [1.82, 2.24) is 0 Å². The first-order chi connectivity index (χ1) is 10.6. The maximum absolute atomic E-state index is 11.1. The lowest BCUT2D eigenvalue weighted by Gasteiger charge is -2.52. The van der Waals surface area contributed by atoms with Gasteiger partial charge in [-0.05, 0) is 0 Å². The molecule has 0 spiro atoms. The number of phosphoric acid groups is 1. The molecule has 0 bridgehead atoms. The molecule has 0 aromatic carbocycles. The summed E-state index contributed by atoms with van der Waals surface area (Å²) in [5.41, 5.74) is -0.960. The normalized spacial score (nSPS) is 14.0. The van der Waals surface area contributed by atoms with Gasteiger partial charge in [-0.15, -0.1) is 58.0 Å². The Hall–Kier alpha value is 2.52. The van der Waals surface area contributed by atoms with E-state index in [2.05, 4.69) is 31.9 Å². The molecule has 0 rings (SSSR count). The Balaban J connectivity index is 6.05. The summed E-state index contributed by atoms with van der Waals surface area (Å²) in [6.45, 7) is -0.328. The molecule has 0 aromatic rings. The van der Waals surface area contributed by atoms with E-state index in [0.29, 0.717) is 0 Å². The largest absolute Gasteiger partial charge is 0.469 e. The van der Waals surface area contributed by atoms with E-state index in [1.807, 2.05) is 0 Å². The third-order valence-electron chi connectivity index (χ3n) is 3.77. The third kappa shape index (κ3) is 6.27. The maximum atomic E-state index is 11.1. The molecule has 0 fully saturated rings. The van der Waals surface area contributed by atoms with Gasteiger partial charge in [0.05, 0.1) is 11.5 Å². The van der Waals surface area contributed by atoms with Crippen molar-refractivity contribution in [2.45, 2.75) is 4.87 Å². The fourth-order valence-corrected chi connectivity index (χ4v) is 7.73. The lowest BCUT2D eigenvalue weighted by Crippen LogP contribution is -2.60. The van der Waals surface area contributed by atoms with Crippen LogP contribution in [0.2, 0.25) is 0 Å². The van der Waals surface area contributed by atoms with E-state index in [0.717, 1.165) is 0 Å². The van der Waals surface area contributed by atoms with E-state index in [1.165, 1.54) is 0 Å². The highest BCUT2D eigenvalue weighted by atomic mass is 79.9. The van der Waals surface area contributed by atoms with Crippen LogP contribution in [0.25, 0.3) is 0 Å². The molecule has 0 aliphatic heterocycles. The second-order valence-electron chi connectivity index (χ2n) is 5.09. The van der Waals surface area contributed by atoms with Gasteiger partial charge in [-0.2, -0.15) is 0 Å². The van der Waals surface area contributed by atoms with E-state index in [4.69, 9.17) is 72.3 Å². The van der Waals surface area contributed by atoms with Crippen molar-refractivity contribution >= 4 is 97.7 Å². The van der Waals surface area contributed by atoms with Gasteiger partial charge in [0.25, 0.3) is 0 Å². The predicted octanol–water partition coefficient (Wildman–Crippen LogP) is 5.04. The lowest BCUT2D eigenvalue weighted by molar-refractivity contribution is 0.0686. The molecule has 0 heterocycles. The van der Waals surface area contributed by atoms with Gasteiger partial charge in [0.1, 0.15) is 0 Å². The summed E-state index contributed by atoms with van der Waals surface area (Å²) in [4.78, 5) is 17.0. The quantitative estimate of drug-likeness (QED) is 0.250. The van der Waals surface area contributed by atoms with Gasteiger partial charge in [-0.1, -0.05) is 31.9 Å². The fraction of sp³-hybridized carbons (Fsp3) is 1.00. The standard InChI is InChI=1S/C11H18Br2Cl5O4P/c12-5-10(6-13,7-22-23(19,20)21)11(18,8(1-14)2-15)9(3-16)4-17/h8-9H,1-7H2,(H2,19,20,21). The van der Waals surface area contributed by atoms with Crippen molar-refractivity contribution in [1.29, 1.82) is 0 Å². The number of halogens is 7. The van der Waals surface area contributed by atoms with Crippen LogP contribution in [0.3, 0.4) is 0 Å². The van der Waals surface area contributed by atoms with Gasteiger partial charge in [-0.25, -0.2) is 4.57 Å². The predicted molar refractivity (Wildman–Crippen MR) is 106 cm³/mol. The van der Waals surface area contributed by atoms with Crippen LogP contribution in [0.5, 0.6) is 0 Å². The molecule has 4 nitrogen and oxygen atoms in total. The summed E-state index contributed by atoms with van der Waals surface area (Å²) in [6, 6.07) is 0. The second kappa shape index (κ2) is 11.4. The van der Waals surface area contributed by atoms with Crippen LogP contribution >= 0.6 is 97.7 Å². The number of alkyl halides is 7. The minimum absolute atomic E-state index is 0.134. The smallest absolute Gasteiger partial charge is 0.303 e. The summed E-state index contributed by atoms with van der Waals surface area (Å²) in [7, 11) is -4.68. The van der Waals surface area contributed by atoms with E-state index in [9.17, 15) is 4.57 Å². The molecule has 0 atom stereocenters. The molecule has 23 heavy (non-hydrogen) atoms. The SMILES string of the molecule is O=P(O)(O)OCC(CBr)(CBr)C(Cl)(C(CCl)CCl)C(CCl)CCl. The molecular weight excluding hydrogens is 564 g/mol. The van der Waals surface area contributed by atoms with E-state index in [-0.39, 0.29) is 40.8 Å². The lowest BCUT2D eigenvalue weighted by atomic mass is 9.66.